The van der Waals surface area contributed by atoms with Crippen LogP contribution in [0.25, 0.3) is 22.8 Å². The molecule has 128 valence electrons. The van der Waals surface area contributed by atoms with Crippen LogP contribution in [0.2, 0.25) is 0 Å². The lowest BCUT2D eigenvalue weighted by Crippen LogP contribution is -1.86. The molecule has 0 aliphatic carbocycles. The van der Waals surface area contributed by atoms with Gasteiger partial charge in [0.25, 0.3) is 0 Å². The third-order valence-electron chi connectivity index (χ3n) is 3.73. The van der Waals surface area contributed by atoms with Gasteiger partial charge in [-0.25, -0.2) is 4.98 Å². The molecule has 0 N–H and O–H groups in total. The van der Waals surface area contributed by atoms with Crippen LogP contribution in [-0.2, 0) is 0 Å². The lowest BCUT2D eigenvalue weighted by molar-refractivity contribution is 0.413. The number of benzene rings is 2. The minimum atomic E-state index is 0.515. The highest BCUT2D eigenvalue weighted by Crippen LogP contribution is 2.28. The van der Waals surface area contributed by atoms with E-state index in [0.717, 1.165) is 22.8 Å². The first kappa shape index (κ1) is 15.8. The van der Waals surface area contributed by atoms with Gasteiger partial charge in [-0.2, -0.15) is 0 Å². The topological polar surface area (TPSA) is 70.3 Å². The molecule has 2 aromatic heterocycles. The molecule has 0 saturated carbocycles. The van der Waals surface area contributed by atoms with Gasteiger partial charge in [0.15, 0.2) is 0 Å². The van der Waals surface area contributed by atoms with Crippen LogP contribution < -0.4 is 9.47 Å². The van der Waals surface area contributed by atoms with Gasteiger partial charge in [0.1, 0.15) is 34.9 Å². The van der Waals surface area contributed by atoms with E-state index in [-0.39, 0.29) is 0 Å². The Balaban J connectivity index is 1.50. The second-order valence-electron chi connectivity index (χ2n) is 5.43. The van der Waals surface area contributed by atoms with E-state index in [2.05, 4.69) is 15.0 Å². The highest BCUT2D eigenvalue weighted by atomic mass is 16.5. The maximum atomic E-state index is 5.82. The summed E-state index contributed by atoms with van der Waals surface area (Å²) < 4.78 is 16.5. The molecule has 6 heteroatoms. The van der Waals surface area contributed by atoms with Crippen molar-refractivity contribution in [2.45, 2.75) is 0 Å². The Morgan fingerprint density at radius 2 is 1.50 bits per heavy atom. The summed E-state index contributed by atoms with van der Waals surface area (Å²) in [6.07, 6.45) is 6.45. The molecule has 2 aromatic carbocycles. The first-order valence-corrected chi connectivity index (χ1v) is 7.96. The van der Waals surface area contributed by atoms with Crippen molar-refractivity contribution in [2.24, 2.45) is 0 Å². The van der Waals surface area contributed by atoms with Gasteiger partial charge in [-0.3, -0.25) is 9.97 Å². The van der Waals surface area contributed by atoms with E-state index in [1.54, 1.807) is 32.0 Å². The number of hydrogen-bond acceptors (Lipinski definition) is 6. The van der Waals surface area contributed by atoms with Crippen molar-refractivity contribution in [3.05, 3.63) is 73.4 Å². The van der Waals surface area contributed by atoms with Gasteiger partial charge < -0.3 is 13.9 Å². The predicted octanol–water partition coefficient (Wildman–Crippen LogP) is 4.60. The summed E-state index contributed by atoms with van der Waals surface area (Å²) in [4.78, 5) is 12.7. The Morgan fingerprint density at radius 3 is 2.15 bits per heavy atom. The van der Waals surface area contributed by atoms with Crippen LogP contribution in [0, 0.1) is 0 Å². The quantitative estimate of drug-likeness (QED) is 0.526. The number of nitrogens with zero attached hydrogens (tertiary/aromatic N) is 3. The average molecular weight is 345 g/mol. The minimum Gasteiger partial charge on any atom is -0.497 e. The number of rotatable bonds is 5. The first-order chi connectivity index (χ1) is 12.8. The summed E-state index contributed by atoms with van der Waals surface area (Å²) in [5.41, 5.74) is 2.16. The number of hydrogen-bond donors (Lipinski definition) is 0. The number of oxazole rings is 1. The van der Waals surface area contributed by atoms with Crippen LogP contribution in [0.3, 0.4) is 0 Å². The van der Waals surface area contributed by atoms with Crippen LogP contribution in [0.4, 0.5) is 0 Å². The molecular weight excluding hydrogens is 330 g/mol. The monoisotopic (exact) mass is 345 g/mol. The summed E-state index contributed by atoms with van der Waals surface area (Å²) in [5.74, 6) is 2.76. The smallest absolute Gasteiger partial charge is 0.226 e. The molecule has 4 rings (SSSR count). The summed E-state index contributed by atoms with van der Waals surface area (Å²) in [7, 11) is 1.63. The van der Waals surface area contributed by atoms with E-state index in [0.29, 0.717) is 17.3 Å². The number of aromatic nitrogens is 3. The zero-order valence-electron chi connectivity index (χ0n) is 14.0. The molecule has 0 fully saturated rings. The van der Waals surface area contributed by atoms with Crippen LogP contribution >= 0.6 is 0 Å². The normalized spacial score (nSPS) is 10.5. The zero-order valence-corrected chi connectivity index (χ0v) is 14.0. The van der Waals surface area contributed by atoms with Crippen molar-refractivity contribution in [1.29, 1.82) is 0 Å². The van der Waals surface area contributed by atoms with Gasteiger partial charge in [0, 0.05) is 18.0 Å². The lowest BCUT2D eigenvalue weighted by atomic mass is 10.2. The van der Waals surface area contributed by atoms with Crippen molar-refractivity contribution in [2.75, 3.05) is 7.11 Å². The molecule has 0 unspecified atom stereocenters. The van der Waals surface area contributed by atoms with Crippen LogP contribution in [-0.4, -0.2) is 22.1 Å². The lowest BCUT2D eigenvalue weighted by Gasteiger charge is -2.07. The molecule has 4 aromatic rings. The molecule has 0 aliphatic heterocycles. The summed E-state index contributed by atoms with van der Waals surface area (Å²) in [6.45, 7) is 0. The molecule has 0 radical (unpaired) electrons. The molecule has 26 heavy (non-hydrogen) atoms. The third-order valence-corrected chi connectivity index (χ3v) is 3.73. The van der Waals surface area contributed by atoms with E-state index in [4.69, 9.17) is 13.9 Å². The molecule has 0 saturated heterocycles. The molecular formula is C20H15N3O3. The van der Waals surface area contributed by atoms with E-state index >= 15 is 0 Å². The van der Waals surface area contributed by atoms with Crippen molar-refractivity contribution >= 4 is 0 Å². The fourth-order valence-corrected chi connectivity index (χ4v) is 2.40. The van der Waals surface area contributed by atoms with Crippen molar-refractivity contribution in [3.8, 4) is 40.1 Å². The van der Waals surface area contributed by atoms with Crippen LogP contribution in [0.5, 0.6) is 17.2 Å². The second-order valence-corrected chi connectivity index (χ2v) is 5.43. The van der Waals surface area contributed by atoms with Crippen molar-refractivity contribution < 1.29 is 13.9 Å². The molecule has 0 atom stereocenters. The van der Waals surface area contributed by atoms with E-state index in [1.807, 2.05) is 48.5 Å². The van der Waals surface area contributed by atoms with Gasteiger partial charge in [-0.15, -0.1) is 0 Å². The Bertz CT molecular complexity index is 981. The Kier molecular flexibility index (Phi) is 4.30. The average Bonchev–Trinajstić information content (AvgIpc) is 3.20. The number of ether oxygens (including phenoxy) is 2. The maximum Gasteiger partial charge on any atom is 0.226 e. The second kappa shape index (κ2) is 7.06. The summed E-state index contributed by atoms with van der Waals surface area (Å²) >= 11 is 0. The van der Waals surface area contributed by atoms with E-state index in [1.165, 1.54) is 0 Å². The fourth-order valence-electron chi connectivity index (χ4n) is 2.40. The Labute approximate surface area is 150 Å². The van der Waals surface area contributed by atoms with Crippen LogP contribution in [0.1, 0.15) is 0 Å². The zero-order chi connectivity index (χ0) is 17.8. The first-order valence-electron chi connectivity index (χ1n) is 7.96. The molecule has 0 spiro atoms. The highest BCUT2D eigenvalue weighted by molar-refractivity contribution is 5.60. The van der Waals surface area contributed by atoms with Crippen LogP contribution in [0.15, 0.2) is 77.8 Å². The largest absolute Gasteiger partial charge is 0.497 e. The molecule has 0 bridgehead atoms. The molecule has 6 nitrogen and oxygen atoms in total. The standard InChI is InChI=1S/C20H15N3O3/c1-24-15-6-8-17(9-7-15)26-16-4-2-14(3-5-16)20-23-19(13-25-20)18-12-21-10-11-22-18/h2-13H,1H3. The highest BCUT2D eigenvalue weighted by Gasteiger charge is 2.10. The maximum absolute atomic E-state index is 5.82. The van der Waals surface area contributed by atoms with E-state index in [9.17, 15) is 0 Å². The number of methoxy groups -OCH3 is 1. The molecule has 0 aliphatic rings. The Hall–Kier alpha value is -3.67. The third kappa shape index (κ3) is 3.39. The van der Waals surface area contributed by atoms with Crippen molar-refractivity contribution in [3.63, 3.8) is 0 Å². The van der Waals surface area contributed by atoms with Gasteiger partial charge >= 0.3 is 0 Å². The predicted molar refractivity (Wildman–Crippen MR) is 96.0 cm³/mol. The summed E-state index contributed by atoms with van der Waals surface area (Å²) in [5, 5.41) is 0. The van der Waals surface area contributed by atoms with Crippen molar-refractivity contribution in [1.82, 2.24) is 15.0 Å². The van der Waals surface area contributed by atoms with E-state index < -0.39 is 0 Å². The van der Waals surface area contributed by atoms with Gasteiger partial charge in [0.05, 0.1) is 13.3 Å². The molecule has 2 heterocycles. The fraction of sp³-hybridized carbons (Fsp3) is 0.0500. The Morgan fingerprint density at radius 1 is 0.808 bits per heavy atom. The minimum absolute atomic E-state index is 0.515. The van der Waals surface area contributed by atoms with Gasteiger partial charge in [0.2, 0.25) is 5.89 Å². The molecule has 0 amide bonds. The SMILES string of the molecule is COc1ccc(Oc2ccc(-c3nc(-c4cnccn4)co3)cc2)cc1. The summed E-state index contributed by atoms with van der Waals surface area (Å²) in [6, 6.07) is 14.9. The van der Waals surface area contributed by atoms with Gasteiger partial charge in [-0.05, 0) is 48.5 Å². The van der Waals surface area contributed by atoms with Gasteiger partial charge in [-0.1, -0.05) is 0 Å².